The molecule has 3 nitrogen and oxygen atoms in total. The molecule has 0 fully saturated rings. The van der Waals surface area contributed by atoms with Crippen molar-refractivity contribution < 1.29 is 9.90 Å². The Bertz CT molecular complexity index is 379. The highest BCUT2D eigenvalue weighted by atomic mass is 32.2. The first-order valence-electron chi connectivity index (χ1n) is 5.38. The number of hydrogen-bond donors (Lipinski definition) is 1. The van der Waals surface area contributed by atoms with E-state index >= 15 is 0 Å². The van der Waals surface area contributed by atoms with Gasteiger partial charge in [-0.15, -0.1) is 11.8 Å². The van der Waals surface area contributed by atoms with E-state index in [2.05, 4.69) is 18.8 Å². The van der Waals surface area contributed by atoms with Gasteiger partial charge in [-0.2, -0.15) is 0 Å². The molecule has 88 valence electrons. The predicted molar refractivity (Wildman–Crippen MR) is 66.1 cm³/mol. The van der Waals surface area contributed by atoms with Gasteiger partial charge in [0, 0.05) is 11.4 Å². The van der Waals surface area contributed by atoms with E-state index in [1.54, 1.807) is 12.1 Å². The van der Waals surface area contributed by atoms with Crippen LogP contribution >= 0.6 is 11.8 Å². The summed E-state index contributed by atoms with van der Waals surface area (Å²) in [5.41, 5.74) is 1.16. The topological polar surface area (TPSA) is 50.2 Å². The van der Waals surface area contributed by atoms with Crippen LogP contribution in [0.5, 0.6) is 0 Å². The van der Waals surface area contributed by atoms with Crippen LogP contribution in [0.25, 0.3) is 0 Å². The van der Waals surface area contributed by atoms with Crippen LogP contribution in [0.4, 0.5) is 0 Å². The van der Waals surface area contributed by atoms with Crippen LogP contribution < -0.4 is 0 Å². The Morgan fingerprint density at radius 1 is 1.56 bits per heavy atom. The molecule has 0 amide bonds. The van der Waals surface area contributed by atoms with Crippen LogP contribution in [0, 0.1) is 12.8 Å². The molecule has 1 N–H and O–H groups in total. The zero-order chi connectivity index (χ0) is 12.1. The predicted octanol–water partition coefficient (Wildman–Crippen LogP) is 3.23. The van der Waals surface area contributed by atoms with Gasteiger partial charge in [-0.25, -0.2) is 9.78 Å². The van der Waals surface area contributed by atoms with Crippen molar-refractivity contribution in [2.75, 3.05) is 5.75 Å². The van der Waals surface area contributed by atoms with Crippen molar-refractivity contribution in [3.8, 4) is 0 Å². The average Bonchev–Trinajstić information content (AvgIpc) is 2.25. The average molecular weight is 239 g/mol. The summed E-state index contributed by atoms with van der Waals surface area (Å²) in [7, 11) is 0. The molecule has 0 spiro atoms. The summed E-state index contributed by atoms with van der Waals surface area (Å²) >= 11 is 1.53. The molecule has 1 heterocycles. The van der Waals surface area contributed by atoms with E-state index in [-0.39, 0.29) is 0 Å². The highest BCUT2D eigenvalue weighted by Gasteiger charge is 2.12. The summed E-state index contributed by atoms with van der Waals surface area (Å²) in [5.74, 6) is 0.584. The molecule has 0 radical (unpaired) electrons. The van der Waals surface area contributed by atoms with Crippen LogP contribution in [0.2, 0.25) is 0 Å². The molecule has 16 heavy (non-hydrogen) atoms. The Balaban J connectivity index is 2.84. The standard InChI is InChI=1S/C12H17NO2S/c1-4-8(2)7-16-11-10(12(14)15)6-5-9(3)13-11/h5-6,8H,4,7H2,1-3H3,(H,14,15). The second-order valence-electron chi connectivity index (χ2n) is 3.93. The van der Waals surface area contributed by atoms with E-state index in [1.807, 2.05) is 6.92 Å². The second kappa shape index (κ2) is 5.89. The third kappa shape index (κ3) is 3.52. The zero-order valence-corrected chi connectivity index (χ0v) is 10.7. The van der Waals surface area contributed by atoms with Gasteiger partial charge in [0.25, 0.3) is 0 Å². The van der Waals surface area contributed by atoms with E-state index in [9.17, 15) is 4.79 Å². The highest BCUT2D eigenvalue weighted by molar-refractivity contribution is 7.99. The van der Waals surface area contributed by atoms with Gasteiger partial charge in [0.15, 0.2) is 0 Å². The fourth-order valence-electron chi connectivity index (χ4n) is 1.14. The maximum atomic E-state index is 11.0. The summed E-state index contributed by atoms with van der Waals surface area (Å²) in [4.78, 5) is 15.3. The maximum absolute atomic E-state index is 11.0. The molecule has 0 aliphatic carbocycles. The monoisotopic (exact) mass is 239 g/mol. The van der Waals surface area contributed by atoms with Crippen molar-refractivity contribution in [1.29, 1.82) is 0 Å². The van der Waals surface area contributed by atoms with Crippen molar-refractivity contribution in [2.24, 2.45) is 5.92 Å². The van der Waals surface area contributed by atoms with Gasteiger partial charge in [-0.3, -0.25) is 0 Å². The normalized spacial score (nSPS) is 12.4. The smallest absolute Gasteiger partial charge is 0.338 e. The van der Waals surface area contributed by atoms with Crippen LogP contribution in [-0.4, -0.2) is 21.8 Å². The summed E-state index contributed by atoms with van der Waals surface area (Å²) in [5, 5.41) is 9.66. The third-order valence-electron chi connectivity index (χ3n) is 2.43. The Kier molecular flexibility index (Phi) is 4.80. The lowest BCUT2D eigenvalue weighted by molar-refractivity contribution is 0.0692. The number of aromatic nitrogens is 1. The van der Waals surface area contributed by atoms with E-state index in [1.165, 1.54) is 11.8 Å². The molecule has 4 heteroatoms. The Hall–Kier alpha value is -1.03. The summed E-state index contributed by atoms with van der Waals surface area (Å²) in [6.07, 6.45) is 1.10. The summed E-state index contributed by atoms with van der Waals surface area (Å²) < 4.78 is 0. The zero-order valence-electron chi connectivity index (χ0n) is 9.86. The first-order valence-corrected chi connectivity index (χ1v) is 6.36. The minimum absolute atomic E-state index is 0.305. The SMILES string of the molecule is CCC(C)CSc1nc(C)ccc1C(=O)O. The molecule has 1 atom stereocenters. The number of nitrogens with zero attached hydrogens (tertiary/aromatic N) is 1. The van der Waals surface area contributed by atoms with Crippen LogP contribution in [0.3, 0.4) is 0 Å². The number of carboxylic acids is 1. The van der Waals surface area contributed by atoms with Gasteiger partial charge in [0.05, 0.1) is 5.56 Å². The molecule has 0 saturated heterocycles. The first-order chi connectivity index (χ1) is 7.54. The first kappa shape index (κ1) is 13.0. The quantitative estimate of drug-likeness (QED) is 0.801. The molecule has 1 unspecified atom stereocenters. The molecule has 0 aromatic carbocycles. The van der Waals surface area contributed by atoms with Gasteiger partial charge in [-0.1, -0.05) is 20.3 Å². The van der Waals surface area contributed by atoms with Crippen molar-refractivity contribution in [3.63, 3.8) is 0 Å². The minimum Gasteiger partial charge on any atom is -0.478 e. The second-order valence-corrected chi connectivity index (χ2v) is 4.94. The summed E-state index contributed by atoms with van der Waals surface area (Å²) in [6.45, 7) is 6.16. The third-order valence-corrected chi connectivity index (χ3v) is 3.75. The molecule has 0 bridgehead atoms. The maximum Gasteiger partial charge on any atom is 0.338 e. The van der Waals surface area contributed by atoms with Crippen molar-refractivity contribution in [2.45, 2.75) is 32.2 Å². The number of pyridine rings is 1. The van der Waals surface area contributed by atoms with Gasteiger partial charge < -0.3 is 5.11 Å². The largest absolute Gasteiger partial charge is 0.478 e. The van der Waals surface area contributed by atoms with Crippen LogP contribution in [-0.2, 0) is 0 Å². The molecule has 0 saturated carbocycles. The van der Waals surface area contributed by atoms with Crippen molar-refractivity contribution in [1.82, 2.24) is 4.98 Å². The van der Waals surface area contributed by atoms with E-state index in [0.717, 1.165) is 17.9 Å². The number of carboxylic acid groups (broad SMARTS) is 1. The molecular weight excluding hydrogens is 222 g/mol. The fourth-order valence-corrected chi connectivity index (χ4v) is 2.34. The fraction of sp³-hybridized carbons (Fsp3) is 0.500. The van der Waals surface area contributed by atoms with E-state index in [0.29, 0.717) is 16.5 Å². The Morgan fingerprint density at radius 2 is 2.25 bits per heavy atom. The van der Waals surface area contributed by atoms with E-state index < -0.39 is 5.97 Å². The van der Waals surface area contributed by atoms with Gasteiger partial charge in [-0.05, 0) is 25.0 Å². The number of aryl methyl sites for hydroxylation is 1. The number of rotatable bonds is 5. The molecule has 0 aliphatic heterocycles. The lowest BCUT2D eigenvalue weighted by Gasteiger charge is -2.09. The number of carbonyl (C=O) groups is 1. The summed E-state index contributed by atoms with van der Waals surface area (Å²) in [6, 6.07) is 3.36. The Labute approximate surface area is 100 Å². The van der Waals surface area contributed by atoms with Crippen molar-refractivity contribution in [3.05, 3.63) is 23.4 Å². The lowest BCUT2D eigenvalue weighted by Crippen LogP contribution is -2.04. The molecule has 1 aromatic rings. The minimum atomic E-state index is -0.904. The number of hydrogen-bond acceptors (Lipinski definition) is 3. The van der Waals surface area contributed by atoms with E-state index in [4.69, 9.17) is 5.11 Å². The number of thioether (sulfide) groups is 1. The Morgan fingerprint density at radius 3 is 2.81 bits per heavy atom. The molecular formula is C12H17NO2S. The van der Waals surface area contributed by atoms with Gasteiger partial charge in [0.1, 0.15) is 5.03 Å². The number of aromatic carboxylic acids is 1. The lowest BCUT2D eigenvalue weighted by atomic mass is 10.2. The van der Waals surface area contributed by atoms with Gasteiger partial charge in [0.2, 0.25) is 0 Å². The molecule has 0 aliphatic rings. The van der Waals surface area contributed by atoms with Crippen molar-refractivity contribution >= 4 is 17.7 Å². The van der Waals surface area contributed by atoms with Crippen LogP contribution in [0.1, 0.15) is 36.3 Å². The molecule has 1 rings (SSSR count). The van der Waals surface area contributed by atoms with Gasteiger partial charge >= 0.3 is 5.97 Å². The highest BCUT2D eigenvalue weighted by Crippen LogP contribution is 2.24. The molecule has 1 aromatic heterocycles. The van der Waals surface area contributed by atoms with Crippen LogP contribution in [0.15, 0.2) is 17.2 Å².